The molecular weight excluding hydrogens is 238 g/mol. The molecule has 19 heavy (non-hydrogen) atoms. The summed E-state index contributed by atoms with van der Waals surface area (Å²) in [6.45, 7) is 6.25. The molecule has 0 saturated heterocycles. The first kappa shape index (κ1) is 14.1. The van der Waals surface area contributed by atoms with E-state index in [0.29, 0.717) is 12.2 Å². The summed E-state index contributed by atoms with van der Waals surface area (Å²) in [5.41, 5.74) is 0.976. The molecule has 0 unspecified atom stereocenters. The number of nitrogens with zero attached hydrogens (tertiary/aromatic N) is 1. The smallest absolute Gasteiger partial charge is 0.138 e. The van der Waals surface area contributed by atoms with E-state index in [2.05, 4.69) is 31.8 Å². The quantitative estimate of drug-likeness (QED) is 0.779. The molecule has 0 aliphatic heterocycles. The fourth-order valence-corrected chi connectivity index (χ4v) is 2.10. The van der Waals surface area contributed by atoms with Crippen LogP contribution in [0.1, 0.15) is 45.7 Å². The summed E-state index contributed by atoms with van der Waals surface area (Å²) in [5, 5.41) is 0. The molecule has 2 rings (SSSR count). The zero-order valence-corrected chi connectivity index (χ0v) is 12.0. The molecule has 1 aromatic heterocycles. The van der Waals surface area contributed by atoms with Crippen LogP contribution in [0.15, 0.2) is 24.4 Å². The Morgan fingerprint density at radius 1 is 1.32 bits per heavy atom. The lowest BCUT2D eigenvalue weighted by atomic mass is 9.92. The molecule has 0 N–H and O–H groups in total. The predicted molar refractivity (Wildman–Crippen MR) is 77.2 cm³/mol. The number of ether oxygens (including phenoxy) is 2. The first-order valence-corrected chi connectivity index (χ1v) is 7.12. The van der Waals surface area contributed by atoms with Gasteiger partial charge in [-0.1, -0.05) is 13.0 Å². The fourth-order valence-electron chi connectivity index (χ4n) is 2.10. The van der Waals surface area contributed by atoms with E-state index in [0.717, 1.165) is 30.7 Å². The predicted octanol–water partition coefficient (Wildman–Crippen LogP) is 3.84. The van der Waals surface area contributed by atoms with E-state index in [-0.39, 0.29) is 6.10 Å². The highest BCUT2D eigenvalue weighted by atomic mass is 16.5. The zero-order chi connectivity index (χ0) is 13.7. The third kappa shape index (κ3) is 4.35. The van der Waals surface area contributed by atoms with Crippen LogP contribution in [0.25, 0.3) is 6.08 Å². The van der Waals surface area contributed by atoms with Gasteiger partial charge in [0, 0.05) is 12.8 Å². The third-order valence-electron chi connectivity index (χ3n) is 3.10. The molecular formula is C16H23NO2. The number of hydrogen-bond acceptors (Lipinski definition) is 3. The largest absolute Gasteiger partial charge is 0.489 e. The summed E-state index contributed by atoms with van der Waals surface area (Å²) in [4.78, 5) is 4.35. The SMILES string of the molecule is CC/C=C/c1ccc(O[C@H]2C[C@H](OC(C)C)C2)cn1. The summed E-state index contributed by atoms with van der Waals surface area (Å²) in [6.07, 6.45) is 9.86. The Morgan fingerprint density at radius 3 is 2.68 bits per heavy atom. The minimum Gasteiger partial charge on any atom is -0.489 e. The van der Waals surface area contributed by atoms with Gasteiger partial charge in [0.05, 0.1) is 24.1 Å². The molecule has 0 amide bonds. The van der Waals surface area contributed by atoms with E-state index in [1.54, 1.807) is 6.20 Å². The Kier molecular flexibility index (Phi) is 4.97. The van der Waals surface area contributed by atoms with Gasteiger partial charge in [-0.2, -0.15) is 0 Å². The summed E-state index contributed by atoms with van der Waals surface area (Å²) in [7, 11) is 0. The van der Waals surface area contributed by atoms with E-state index in [4.69, 9.17) is 9.47 Å². The molecule has 104 valence electrons. The summed E-state index contributed by atoms with van der Waals surface area (Å²) in [6, 6.07) is 3.97. The van der Waals surface area contributed by atoms with Crippen molar-refractivity contribution in [1.29, 1.82) is 0 Å². The maximum atomic E-state index is 5.85. The van der Waals surface area contributed by atoms with Crippen molar-refractivity contribution < 1.29 is 9.47 Å². The Bertz CT molecular complexity index is 405. The normalized spacial score (nSPS) is 22.7. The average molecular weight is 261 g/mol. The molecule has 1 aliphatic carbocycles. The minimum absolute atomic E-state index is 0.280. The van der Waals surface area contributed by atoms with Gasteiger partial charge in [-0.15, -0.1) is 0 Å². The highest BCUT2D eigenvalue weighted by Crippen LogP contribution is 2.28. The molecule has 1 fully saturated rings. The highest BCUT2D eigenvalue weighted by molar-refractivity contribution is 5.45. The third-order valence-corrected chi connectivity index (χ3v) is 3.10. The topological polar surface area (TPSA) is 31.4 Å². The average Bonchev–Trinajstić information content (AvgIpc) is 2.35. The molecule has 0 spiro atoms. The van der Waals surface area contributed by atoms with Gasteiger partial charge in [-0.25, -0.2) is 0 Å². The standard InChI is InChI=1S/C16H23NO2/c1-4-5-6-13-7-8-14(11-17-13)19-16-9-15(10-16)18-12(2)3/h5-8,11-12,15-16H,4,9-10H2,1-3H3/b6-5+/t15-,16-. The second kappa shape index (κ2) is 6.71. The molecule has 1 heterocycles. The van der Waals surface area contributed by atoms with Crippen molar-refractivity contribution in [3.8, 4) is 5.75 Å². The van der Waals surface area contributed by atoms with Crippen LogP contribution in [0.3, 0.4) is 0 Å². The lowest BCUT2D eigenvalue weighted by molar-refractivity contribution is -0.0850. The van der Waals surface area contributed by atoms with Gasteiger partial charge in [-0.05, 0) is 38.5 Å². The monoisotopic (exact) mass is 261 g/mol. The van der Waals surface area contributed by atoms with E-state index >= 15 is 0 Å². The van der Waals surface area contributed by atoms with Crippen molar-refractivity contribution in [3.63, 3.8) is 0 Å². The van der Waals surface area contributed by atoms with Crippen molar-refractivity contribution in [3.05, 3.63) is 30.1 Å². The molecule has 0 atom stereocenters. The first-order chi connectivity index (χ1) is 9.17. The van der Waals surface area contributed by atoms with Crippen molar-refractivity contribution in [2.75, 3.05) is 0 Å². The Hall–Kier alpha value is -1.35. The second-order valence-corrected chi connectivity index (χ2v) is 5.25. The Labute approximate surface area is 115 Å². The van der Waals surface area contributed by atoms with Crippen LogP contribution >= 0.6 is 0 Å². The Balaban J connectivity index is 1.77. The molecule has 1 aromatic rings. The second-order valence-electron chi connectivity index (χ2n) is 5.25. The van der Waals surface area contributed by atoms with Crippen molar-refractivity contribution in [2.45, 2.75) is 58.3 Å². The van der Waals surface area contributed by atoms with E-state index < -0.39 is 0 Å². The zero-order valence-electron chi connectivity index (χ0n) is 12.0. The number of hydrogen-bond donors (Lipinski definition) is 0. The van der Waals surface area contributed by atoms with E-state index in [1.165, 1.54) is 0 Å². The molecule has 3 heteroatoms. The molecule has 0 radical (unpaired) electrons. The van der Waals surface area contributed by atoms with E-state index in [1.807, 2.05) is 18.2 Å². The maximum Gasteiger partial charge on any atom is 0.138 e. The summed E-state index contributed by atoms with van der Waals surface area (Å²) < 4.78 is 11.6. The number of pyridine rings is 1. The molecule has 3 nitrogen and oxygen atoms in total. The van der Waals surface area contributed by atoms with Gasteiger partial charge in [-0.3, -0.25) is 4.98 Å². The number of allylic oxidation sites excluding steroid dienone is 1. The van der Waals surface area contributed by atoms with Gasteiger partial charge < -0.3 is 9.47 Å². The van der Waals surface area contributed by atoms with Gasteiger partial charge >= 0.3 is 0 Å². The van der Waals surface area contributed by atoms with Gasteiger partial charge in [0.1, 0.15) is 11.9 Å². The van der Waals surface area contributed by atoms with Crippen LogP contribution < -0.4 is 4.74 Å². The molecule has 0 aromatic carbocycles. The van der Waals surface area contributed by atoms with Crippen LogP contribution in [-0.2, 0) is 4.74 Å². The molecule has 0 bridgehead atoms. The van der Waals surface area contributed by atoms with Gasteiger partial charge in [0.2, 0.25) is 0 Å². The first-order valence-electron chi connectivity index (χ1n) is 7.12. The number of aromatic nitrogens is 1. The number of rotatable bonds is 6. The van der Waals surface area contributed by atoms with Crippen LogP contribution in [0.4, 0.5) is 0 Å². The Morgan fingerprint density at radius 2 is 2.11 bits per heavy atom. The van der Waals surface area contributed by atoms with E-state index in [9.17, 15) is 0 Å². The maximum absolute atomic E-state index is 5.85. The fraction of sp³-hybridized carbons (Fsp3) is 0.562. The highest BCUT2D eigenvalue weighted by Gasteiger charge is 2.32. The van der Waals surface area contributed by atoms with Crippen LogP contribution in [0, 0.1) is 0 Å². The van der Waals surface area contributed by atoms with Crippen LogP contribution in [-0.4, -0.2) is 23.3 Å². The van der Waals surface area contributed by atoms with Crippen molar-refractivity contribution >= 4 is 6.08 Å². The van der Waals surface area contributed by atoms with Crippen molar-refractivity contribution in [2.24, 2.45) is 0 Å². The molecule has 1 aliphatic rings. The summed E-state index contributed by atoms with van der Waals surface area (Å²) >= 11 is 0. The minimum atomic E-state index is 0.280. The lowest BCUT2D eigenvalue weighted by Gasteiger charge is -2.36. The lowest BCUT2D eigenvalue weighted by Crippen LogP contribution is -2.40. The van der Waals surface area contributed by atoms with Crippen LogP contribution in [0.5, 0.6) is 5.75 Å². The van der Waals surface area contributed by atoms with Crippen LogP contribution in [0.2, 0.25) is 0 Å². The van der Waals surface area contributed by atoms with Gasteiger partial charge in [0.25, 0.3) is 0 Å². The summed E-state index contributed by atoms with van der Waals surface area (Å²) in [5.74, 6) is 0.849. The van der Waals surface area contributed by atoms with Gasteiger partial charge in [0.15, 0.2) is 0 Å². The molecule has 1 saturated carbocycles. The van der Waals surface area contributed by atoms with Crippen molar-refractivity contribution in [1.82, 2.24) is 4.98 Å².